The van der Waals surface area contributed by atoms with Gasteiger partial charge in [-0.3, -0.25) is 4.79 Å². The molecule has 0 unspecified atom stereocenters. The summed E-state index contributed by atoms with van der Waals surface area (Å²) in [6.07, 6.45) is 0. The number of aromatic nitrogens is 1. The fourth-order valence-corrected chi connectivity index (χ4v) is 3.45. The Morgan fingerprint density at radius 1 is 0.941 bits per heavy atom. The maximum Gasteiger partial charge on any atom is 0.338 e. The Morgan fingerprint density at radius 2 is 1.76 bits per heavy atom. The van der Waals surface area contributed by atoms with Crippen LogP contribution in [0.2, 0.25) is 0 Å². The lowest BCUT2D eigenvalue weighted by Gasteiger charge is -2.13. The van der Waals surface area contributed by atoms with Crippen LogP contribution in [-0.4, -0.2) is 37.2 Å². The number of anilines is 1. The van der Waals surface area contributed by atoms with Crippen molar-refractivity contribution in [2.24, 2.45) is 0 Å². The number of nitrogens with zero attached hydrogens (tertiary/aromatic N) is 1. The minimum atomic E-state index is -0.432. The predicted molar refractivity (Wildman–Crippen MR) is 130 cm³/mol. The Hall–Kier alpha value is -4.39. The SMILES string of the molecule is CCOC(=O)c1ccc2nc(-c3ccccc3)cc(OCC(=O)Nc3cccc(OC)c3)c2c1. The first-order chi connectivity index (χ1) is 16.6. The first-order valence-corrected chi connectivity index (χ1v) is 10.8. The number of hydrogen-bond donors (Lipinski definition) is 1. The Kier molecular flexibility index (Phi) is 7.03. The molecule has 1 amide bonds. The van der Waals surface area contributed by atoms with E-state index in [2.05, 4.69) is 5.32 Å². The fraction of sp³-hybridized carbons (Fsp3) is 0.148. The van der Waals surface area contributed by atoms with E-state index in [9.17, 15) is 9.59 Å². The highest BCUT2D eigenvalue weighted by Gasteiger charge is 2.14. The van der Waals surface area contributed by atoms with Crippen LogP contribution < -0.4 is 14.8 Å². The number of methoxy groups -OCH3 is 1. The number of benzene rings is 3. The zero-order valence-corrected chi connectivity index (χ0v) is 18.9. The molecule has 1 aromatic heterocycles. The molecule has 1 N–H and O–H groups in total. The summed E-state index contributed by atoms with van der Waals surface area (Å²) in [6, 6.07) is 23.6. The van der Waals surface area contributed by atoms with Crippen LogP contribution in [0, 0.1) is 0 Å². The average Bonchev–Trinajstić information content (AvgIpc) is 2.87. The van der Waals surface area contributed by atoms with Gasteiger partial charge < -0.3 is 19.5 Å². The maximum atomic E-state index is 12.6. The van der Waals surface area contributed by atoms with E-state index < -0.39 is 5.97 Å². The van der Waals surface area contributed by atoms with Gasteiger partial charge in [0.1, 0.15) is 11.5 Å². The van der Waals surface area contributed by atoms with Crippen molar-refractivity contribution in [1.82, 2.24) is 4.98 Å². The van der Waals surface area contributed by atoms with E-state index in [0.717, 1.165) is 5.56 Å². The number of nitrogens with one attached hydrogen (secondary N) is 1. The minimum Gasteiger partial charge on any atom is -0.497 e. The van der Waals surface area contributed by atoms with Gasteiger partial charge in [0.05, 0.1) is 30.5 Å². The van der Waals surface area contributed by atoms with Gasteiger partial charge in [0.25, 0.3) is 5.91 Å². The van der Waals surface area contributed by atoms with Crippen molar-refractivity contribution >= 4 is 28.5 Å². The van der Waals surface area contributed by atoms with Crippen molar-refractivity contribution in [2.75, 3.05) is 25.6 Å². The number of amides is 1. The van der Waals surface area contributed by atoms with Gasteiger partial charge >= 0.3 is 5.97 Å². The van der Waals surface area contributed by atoms with Crippen molar-refractivity contribution in [3.8, 4) is 22.8 Å². The second-order valence-electron chi connectivity index (χ2n) is 7.39. The number of ether oxygens (including phenoxy) is 3. The molecular weight excluding hydrogens is 432 g/mol. The lowest BCUT2D eigenvalue weighted by Crippen LogP contribution is -2.20. The number of fused-ring (bicyclic) bond motifs is 1. The third kappa shape index (κ3) is 5.32. The van der Waals surface area contributed by atoms with Crippen molar-refractivity contribution in [2.45, 2.75) is 6.92 Å². The molecule has 0 spiro atoms. The topological polar surface area (TPSA) is 86.8 Å². The number of hydrogen-bond acceptors (Lipinski definition) is 6. The molecule has 34 heavy (non-hydrogen) atoms. The molecule has 7 nitrogen and oxygen atoms in total. The number of carbonyl (C=O) groups excluding carboxylic acids is 2. The van der Waals surface area contributed by atoms with E-state index in [1.165, 1.54) is 0 Å². The van der Waals surface area contributed by atoms with Crippen LogP contribution in [0.1, 0.15) is 17.3 Å². The fourth-order valence-electron chi connectivity index (χ4n) is 3.45. The molecule has 0 atom stereocenters. The summed E-state index contributed by atoms with van der Waals surface area (Å²) in [5.74, 6) is 0.313. The second-order valence-corrected chi connectivity index (χ2v) is 7.39. The molecule has 1 heterocycles. The summed E-state index contributed by atoms with van der Waals surface area (Å²) >= 11 is 0. The smallest absolute Gasteiger partial charge is 0.338 e. The lowest BCUT2D eigenvalue weighted by molar-refractivity contribution is -0.118. The van der Waals surface area contributed by atoms with Crippen LogP contribution in [-0.2, 0) is 9.53 Å². The standard InChI is InChI=1S/C27H24N2O5/c1-3-33-27(31)19-12-13-23-22(14-19)25(16-24(29-23)18-8-5-4-6-9-18)34-17-26(30)28-20-10-7-11-21(15-20)32-2/h4-16H,3,17H2,1-2H3,(H,28,30). The van der Waals surface area contributed by atoms with E-state index in [-0.39, 0.29) is 19.1 Å². The monoisotopic (exact) mass is 456 g/mol. The Morgan fingerprint density at radius 3 is 2.53 bits per heavy atom. The molecular formula is C27H24N2O5. The molecule has 0 fully saturated rings. The zero-order chi connectivity index (χ0) is 23.9. The van der Waals surface area contributed by atoms with Gasteiger partial charge in [0, 0.05) is 28.8 Å². The normalized spacial score (nSPS) is 10.5. The first kappa shape index (κ1) is 22.8. The molecule has 0 radical (unpaired) electrons. The highest BCUT2D eigenvalue weighted by Crippen LogP contribution is 2.31. The lowest BCUT2D eigenvalue weighted by atomic mass is 10.1. The number of pyridine rings is 1. The summed E-state index contributed by atoms with van der Waals surface area (Å²) in [5.41, 5.74) is 3.22. The summed E-state index contributed by atoms with van der Waals surface area (Å²) in [6.45, 7) is 1.80. The molecule has 0 saturated carbocycles. The predicted octanol–water partition coefficient (Wildman–Crippen LogP) is 5.10. The molecule has 0 bridgehead atoms. The van der Waals surface area contributed by atoms with Crippen LogP contribution in [0.4, 0.5) is 5.69 Å². The molecule has 0 aliphatic rings. The van der Waals surface area contributed by atoms with Crippen molar-refractivity contribution in [1.29, 1.82) is 0 Å². The molecule has 7 heteroatoms. The summed E-state index contributed by atoms with van der Waals surface area (Å²) in [4.78, 5) is 29.5. The van der Waals surface area contributed by atoms with Gasteiger partial charge in [0.2, 0.25) is 0 Å². The van der Waals surface area contributed by atoms with Gasteiger partial charge in [-0.1, -0.05) is 36.4 Å². The van der Waals surface area contributed by atoms with Gasteiger partial charge in [0.15, 0.2) is 6.61 Å². The average molecular weight is 456 g/mol. The van der Waals surface area contributed by atoms with E-state index in [1.807, 2.05) is 30.3 Å². The highest BCUT2D eigenvalue weighted by molar-refractivity contribution is 5.97. The van der Waals surface area contributed by atoms with Crippen LogP contribution in [0.25, 0.3) is 22.2 Å². The van der Waals surface area contributed by atoms with E-state index in [0.29, 0.717) is 39.3 Å². The molecule has 4 rings (SSSR count). The first-order valence-electron chi connectivity index (χ1n) is 10.8. The molecule has 4 aromatic rings. The zero-order valence-electron chi connectivity index (χ0n) is 18.9. The maximum absolute atomic E-state index is 12.6. The minimum absolute atomic E-state index is 0.228. The van der Waals surface area contributed by atoms with Crippen LogP contribution in [0.3, 0.4) is 0 Å². The Bertz CT molecular complexity index is 1320. The third-order valence-electron chi connectivity index (χ3n) is 5.06. The largest absolute Gasteiger partial charge is 0.497 e. The summed E-state index contributed by atoms with van der Waals surface area (Å²) < 4.78 is 16.2. The molecule has 0 saturated heterocycles. The Labute approximate surface area is 197 Å². The van der Waals surface area contributed by atoms with Crippen LogP contribution in [0.15, 0.2) is 78.9 Å². The third-order valence-corrected chi connectivity index (χ3v) is 5.06. The van der Waals surface area contributed by atoms with Crippen molar-refractivity contribution in [3.63, 3.8) is 0 Å². The van der Waals surface area contributed by atoms with Crippen LogP contribution >= 0.6 is 0 Å². The van der Waals surface area contributed by atoms with Gasteiger partial charge in [-0.2, -0.15) is 0 Å². The molecule has 3 aromatic carbocycles. The highest BCUT2D eigenvalue weighted by atomic mass is 16.5. The van der Waals surface area contributed by atoms with Gasteiger partial charge in [-0.05, 0) is 37.3 Å². The Balaban J connectivity index is 1.64. The molecule has 0 aliphatic carbocycles. The van der Waals surface area contributed by atoms with Crippen LogP contribution in [0.5, 0.6) is 11.5 Å². The molecule has 0 aliphatic heterocycles. The number of esters is 1. The van der Waals surface area contributed by atoms with E-state index in [1.54, 1.807) is 62.6 Å². The van der Waals surface area contributed by atoms with Crippen molar-refractivity contribution < 1.29 is 23.8 Å². The molecule has 172 valence electrons. The summed E-state index contributed by atoms with van der Waals surface area (Å²) in [5, 5.41) is 3.40. The van der Waals surface area contributed by atoms with E-state index in [4.69, 9.17) is 19.2 Å². The summed E-state index contributed by atoms with van der Waals surface area (Å²) in [7, 11) is 1.56. The van der Waals surface area contributed by atoms with Gasteiger partial charge in [-0.25, -0.2) is 9.78 Å². The number of rotatable bonds is 8. The van der Waals surface area contributed by atoms with Gasteiger partial charge in [-0.15, -0.1) is 0 Å². The number of carbonyl (C=O) groups is 2. The van der Waals surface area contributed by atoms with Crippen molar-refractivity contribution in [3.05, 3.63) is 84.4 Å². The second kappa shape index (κ2) is 10.5. The van der Waals surface area contributed by atoms with E-state index >= 15 is 0 Å². The quantitative estimate of drug-likeness (QED) is 0.371.